The van der Waals surface area contributed by atoms with E-state index in [9.17, 15) is 4.79 Å². The van der Waals surface area contributed by atoms with Crippen LogP contribution in [0.15, 0.2) is 12.1 Å². The molecule has 0 amide bonds. The topological polar surface area (TPSA) is 61.1 Å². The van der Waals surface area contributed by atoms with Crippen LogP contribution in [0.2, 0.25) is 0 Å². The van der Waals surface area contributed by atoms with Gasteiger partial charge in [0.25, 0.3) is 0 Å². The molecule has 0 saturated carbocycles. The Labute approximate surface area is 89.0 Å². The molecule has 0 spiro atoms. The maximum absolute atomic E-state index is 10.9. The van der Waals surface area contributed by atoms with E-state index in [4.69, 9.17) is 10.4 Å². The summed E-state index contributed by atoms with van der Waals surface area (Å²) in [5.74, 6) is -1.04. The van der Waals surface area contributed by atoms with Crippen molar-refractivity contribution in [1.29, 1.82) is 5.26 Å². The SMILES string of the molecule is CCc1cc(C#N)c(C(=O)O)cc1CC. The lowest BCUT2D eigenvalue weighted by atomic mass is 9.96. The highest BCUT2D eigenvalue weighted by Gasteiger charge is 2.13. The van der Waals surface area contributed by atoms with Gasteiger partial charge in [0.2, 0.25) is 0 Å². The van der Waals surface area contributed by atoms with Gasteiger partial charge in [0, 0.05) is 0 Å². The molecule has 78 valence electrons. The molecule has 0 aromatic heterocycles. The molecular formula is C12H13NO2. The highest BCUT2D eigenvalue weighted by Crippen LogP contribution is 2.18. The molecule has 0 aliphatic carbocycles. The molecule has 0 bridgehead atoms. The second-order valence-corrected chi connectivity index (χ2v) is 3.29. The summed E-state index contributed by atoms with van der Waals surface area (Å²) in [6.45, 7) is 3.97. The number of aryl methyl sites for hydroxylation is 2. The van der Waals surface area contributed by atoms with Crippen LogP contribution in [0.25, 0.3) is 0 Å². The summed E-state index contributed by atoms with van der Waals surface area (Å²) in [6.07, 6.45) is 1.60. The summed E-state index contributed by atoms with van der Waals surface area (Å²) in [6, 6.07) is 5.22. The van der Waals surface area contributed by atoms with Crippen molar-refractivity contribution in [2.24, 2.45) is 0 Å². The molecule has 3 nitrogen and oxygen atoms in total. The molecule has 3 heteroatoms. The Balaban J connectivity index is 3.42. The van der Waals surface area contributed by atoms with Crippen LogP contribution >= 0.6 is 0 Å². The summed E-state index contributed by atoms with van der Waals surface area (Å²) < 4.78 is 0. The number of carbonyl (C=O) groups is 1. The van der Waals surface area contributed by atoms with Gasteiger partial charge < -0.3 is 5.11 Å². The van der Waals surface area contributed by atoms with Gasteiger partial charge in [0.05, 0.1) is 11.1 Å². The average Bonchev–Trinajstić information content (AvgIpc) is 2.26. The molecule has 0 atom stereocenters. The molecule has 0 radical (unpaired) electrons. The quantitative estimate of drug-likeness (QED) is 0.820. The number of nitriles is 1. The third-order valence-corrected chi connectivity index (χ3v) is 2.45. The summed E-state index contributed by atoms with van der Waals surface area (Å²) in [7, 11) is 0. The predicted molar refractivity (Wildman–Crippen MR) is 56.9 cm³/mol. The van der Waals surface area contributed by atoms with Crippen molar-refractivity contribution in [2.75, 3.05) is 0 Å². The largest absolute Gasteiger partial charge is 0.478 e. The predicted octanol–water partition coefficient (Wildman–Crippen LogP) is 2.38. The van der Waals surface area contributed by atoms with E-state index in [1.54, 1.807) is 12.1 Å². The molecule has 1 N–H and O–H groups in total. The Morgan fingerprint density at radius 2 is 1.87 bits per heavy atom. The van der Waals surface area contributed by atoms with Crippen LogP contribution in [0, 0.1) is 11.3 Å². The average molecular weight is 203 g/mol. The first-order valence-electron chi connectivity index (χ1n) is 4.93. The maximum atomic E-state index is 10.9. The number of carboxylic acids is 1. The summed E-state index contributed by atoms with van der Waals surface area (Å²) in [5, 5.41) is 17.8. The van der Waals surface area contributed by atoms with Crippen LogP contribution in [0.1, 0.15) is 40.9 Å². The van der Waals surface area contributed by atoms with Crippen LogP contribution in [0.4, 0.5) is 0 Å². The molecule has 1 aromatic rings. The van der Waals surface area contributed by atoms with E-state index in [0.29, 0.717) is 0 Å². The van der Waals surface area contributed by atoms with Crippen LogP contribution in [0.5, 0.6) is 0 Å². The highest BCUT2D eigenvalue weighted by molar-refractivity contribution is 5.91. The van der Waals surface area contributed by atoms with Crippen molar-refractivity contribution < 1.29 is 9.90 Å². The molecule has 0 fully saturated rings. The van der Waals surface area contributed by atoms with Crippen molar-refractivity contribution in [3.8, 4) is 6.07 Å². The number of carboxylic acid groups (broad SMARTS) is 1. The molecule has 1 rings (SSSR count). The Morgan fingerprint density at radius 1 is 1.33 bits per heavy atom. The molecule has 0 heterocycles. The lowest BCUT2D eigenvalue weighted by Gasteiger charge is -2.08. The zero-order valence-corrected chi connectivity index (χ0v) is 8.87. The summed E-state index contributed by atoms with van der Waals surface area (Å²) >= 11 is 0. The van der Waals surface area contributed by atoms with E-state index in [0.717, 1.165) is 24.0 Å². The van der Waals surface area contributed by atoms with Crippen LogP contribution in [0.3, 0.4) is 0 Å². The first kappa shape index (κ1) is 11.3. The van der Waals surface area contributed by atoms with Gasteiger partial charge in [-0.1, -0.05) is 13.8 Å². The smallest absolute Gasteiger partial charge is 0.337 e. The van der Waals surface area contributed by atoms with Crippen LogP contribution in [-0.2, 0) is 12.8 Å². The number of hydrogen-bond donors (Lipinski definition) is 1. The van der Waals surface area contributed by atoms with Gasteiger partial charge in [-0.2, -0.15) is 5.26 Å². The van der Waals surface area contributed by atoms with Gasteiger partial charge in [-0.3, -0.25) is 0 Å². The van der Waals surface area contributed by atoms with Crippen LogP contribution < -0.4 is 0 Å². The minimum atomic E-state index is -1.04. The fourth-order valence-electron chi connectivity index (χ4n) is 1.62. The molecule has 0 aliphatic rings. The monoisotopic (exact) mass is 203 g/mol. The minimum absolute atomic E-state index is 0.103. The molecular weight excluding hydrogens is 190 g/mol. The molecule has 15 heavy (non-hydrogen) atoms. The summed E-state index contributed by atoms with van der Waals surface area (Å²) in [5.41, 5.74) is 2.41. The summed E-state index contributed by atoms with van der Waals surface area (Å²) in [4.78, 5) is 10.9. The number of hydrogen-bond acceptors (Lipinski definition) is 2. The Hall–Kier alpha value is -1.82. The molecule has 1 aromatic carbocycles. The van der Waals surface area contributed by atoms with Crippen molar-refractivity contribution >= 4 is 5.97 Å². The molecule has 0 unspecified atom stereocenters. The van der Waals surface area contributed by atoms with Gasteiger partial charge in [-0.15, -0.1) is 0 Å². The van der Waals surface area contributed by atoms with Crippen molar-refractivity contribution in [1.82, 2.24) is 0 Å². The van der Waals surface area contributed by atoms with E-state index >= 15 is 0 Å². The van der Waals surface area contributed by atoms with Crippen LogP contribution in [-0.4, -0.2) is 11.1 Å². The van der Waals surface area contributed by atoms with E-state index in [1.807, 2.05) is 19.9 Å². The van der Waals surface area contributed by atoms with E-state index in [1.165, 1.54) is 0 Å². The van der Waals surface area contributed by atoms with Gasteiger partial charge in [-0.05, 0) is 36.1 Å². The minimum Gasteiger partial charge on any atom is -0.478 e. The second-order valence-electron chi connectivity index (χ2n) is 3.29. The number of nitrogens with zero attached hydrogens (tertiary/aromatic N) is 1. The van der Waals surface area contributed by atoms with Crippen molar-refractivity contribution in [3.63, 3.8) is 0 Å². The van der Waals surface area contributed by atoms with Gasteiger partial charge in [0.15, 0.2) is 0 Å². The number of benzene rings is 1. The van der Waals surface area contributed by atoms with Gasteiger partial charge in [0.1, 0.15) is 6.07 Å². The zero-order valence-electron chi connectivity index (χ0n) is 8.87. The normalized spacial score (nSPS) is 9.67. The standard InChI is InChI=1S/C12H13NO2/c1-3-8-5-10(7-13)11(12(14)15)6-9(8)4-2/h5-6H,3-4H2,1-2H3,(H,14,15). The maximum Gasteiger partial charge on any atom is 0.337 e. The van der Waals surface area contributed by atoms with Crippen molar-refractivity contribution in [2.45, 2.75) is 26.7 Å². The third kappa shape index (κ3) is 2.16. The first-order chi connectivity index (χ1) is 7.13. The molecule has 0 saturated heterocycles. The van der Waals surface area contributed by atoms with E-state index in [2.05, 4.69) is 0 Å². The fourth-order valence-corrected chi connectivity index (χ4v) is 1.62. The Bertz CT molecular complexity index is 430. The molecule has 0 aliphatic heterocycles. The Morgan fingerprint density at radius 3 is 2.27 bits per heavy atom. The number of rotatable bonds is 3. The van der Waals surface area contributed by atoms with Gasteiger partial charge >= 0.3 is 5.97 Å². The second kappa shape index (κ2) is 4.61. The first-order valence-corrected chi connectivity index (χ1v) is 4.93. The lowest BCUT2D eigenvalue weighted by molar-refractivity contribution is 0.0696. The fraction of sp³-hybridized carbons (Fsp3) is 0.333. The highest BCUT2D eigenvalue weighted by atomic mass is 16.4. The van der Waals surface area contributed by atoms with Gasteiger partial charge in [-0.25, -0.2) is 4.79 Å². The Kier molecular flexibility index (Phi) is 3.46. The third-order valence-electron chi connectivity index (χ3n) is 2.45. The van der Waals surface area contributed by atoms with Crippen molar-refractivity contribution in [3.05, 3.63) is 34.4 Å². The zero-order chi connectivity index (χ0) is 11.4. The number of aromatic carboxylic acids is 1. The lowest BCUT2D eigenvalue weighted by Crippen LogP contribution is -2.04. The van der Waals surface area contributed by atoms with E-state index in [-0.39, 0.29) is 11.1 Å². The van der Waals surface area contributed by atoms with E-state index < -0.39 is 5.97 Å².